The van der Waals surface area contributed by atoms with Crippen molar-refractivity contribution in [3.8, 4) is 0 Å². The fourth-order valence-electron chi connectivity index (χ4n) is 3.08. The Labute approximate surface area is 80.7 Å². The van der Waals surface area contributed by atoms with E-state index in [4.69, 9.17) is 0 Å². The van der Waals surface area contributed by atoms with E-state index in [0.717, 1.165) is 0 Å². The Morgan fingerprint density at radius 1 is 0.615 bits per heavy atom. The van der Waals surface area contributed by atoms with Gasteiger partial charge in [-0.2, -0.15) is 0 Å². The molecule has 0 spiro atoms. The van der Waals surface area contributed by atoms with Crippen LogP contribution in [0.15, 0.2) is 22.3 Å². The second-order valence-corrected chi connectivity index (χ2v) is 4.57. The summed E-state index contributed by atoms with van der Waals surface area (Å²) < 4.78 is 0. The Kier molecular flexibility index (Phi) is 1.81. The molecule has 0 amide bonds. The first-order valence-electron chi connectivity index (χ1n) is 5.74. The average Bonchev–Trinajstić information content (AvgIpc) is 2.56. The van der Waals surface area contributed by atoms with Crippen molar-refractivity contribution >= 4 is 0 Å². The fraction of sp³-hybridized carbons (Fsp3) is 0.615. The molecule has 3 aliphatic rings. The molecule has 3 aliphatic carbocycles. The van der Waals surface area contributed by atoms with Crippen molar-refractivity contribution in [2.45, 2.75) is 51.4 Å². The van der Waals surface area contributed by atoms with Gasteiger partial charge in [0.2, 0.25) is 0 Å². The van der Waals surface area contributed by atoms with Gasteiger partial charge in [-0.05, 0) is 62.5 Å². The zero-order valence-electron chi connectivity index (χ0n) is 8.23. The lowest BCUT2D eigenvalue weighted by Crippen LogP contribution is -1.99. The second kappa shape index (κ2) is 3.01. The lowest BCUT2D eigenvalue weighted by molar-refractivity contribution is 0.664. The molecule has 0 aromatic heterocycles. The Morgan fingerprint density at radius 3 is 1.62 bits per heavy atom. The molecule has 0 saturated carbocycles. The summed E-state index contributed by atoms with van der Waals surface area (Å²) in [4.78, 5) is 0. The van der Waals surface area contributed by atoms with E-state index in [2.05, 4.69) is 6.42 Å². The van der Waals surface area contributed by atoms with Gasteiger partial charge in [0.1, 0.15) is 0 Å². The molecule has 0 nitrogen and oxygen atoms in total. The second-order valence-electron chi connectivity index (χ2n) is 4.57. The predicted octanol–water partition coefficient (Wildman–Crippen LogP) is 3.95. The maximum atomic E-state index is 2.52. The molecular formula is C13H17. The first kappa shape index (κ1) is 7.84. The number of rotatable bonds is 0. The van der Waals surface area contributed by atoms with Crippen LogP contribution in [-0.2, 0) is 0 Å². The molecule has 0 bridgehead atoms. The van der Waals surface area contributed by atoms with E-state index in [-0.39, 0.29) is 0 Å². The third-order valence-corrected chi connectivity index (χ3v) is 3.73. The van der Waals surface area contributed by atoms with Crippen LogP contribution in [0, 0.1) is 6.42 Å². The van der Waals surface area contributed by atoms with Crippen LogP contribution < -0.4 is 0 Å². The number of hydrogen-bond acceptors (Lipinski definition) is 0. The van der Waals surface area contributed by atoms with Gasteiger partial charge >= 0.3 is 0 Å². The highest BCUT2D eigenvalue weighted by Gasteiger charge is 2.27. The molecule has 0 aromatic rings. The number of fused-ring (bicyclic) bond motifs is 1. The first-order chi connectivity index (χ1) is 6.45. The van der Waals surface area contributed by atoms with Crippen molar-refractivity contribution in [3.63, 3.8) is 0 Å². The fourth-order valence-corrected chi connectivity index (χ4v) is 3.08. The van der Waals surface area contributed by atoms with Crippen LogP contribution in [0.25, 0.3) is 0 Å². The highest BCUT2D eigenvalue weighted by atomic mass is 14.3. The van der Waals surface area contributed by atoms with Crippen molar-refractivity contribution in [1.82, 2.24) is 0 Å². The van der Waals surface area contributed by atoms with E-state index in [1.807, 2.05) is 0 Å². The van der Waals surface area contributed by atoms with Gasteiger partial charge < -0.3 is 0 Å². The van der Waals surface area contributed by atoms with Gasteiger partial charge in [-0.15, -0.1) is 0 Å². The Balaban J connectivity index is 1.95. The lowest BCUT2D eigenvalue weighted by Gasteiger charge is -2.18. The van der Waals surface area contributed by atoms with Crippen molar-refractivity contribution in [3.05, 3.63) is 28.7 Å². The van der Waals surface area contributed by atoms with Crippen molar-refractivity contribution in [1.29, 1.82) is 0 Å². The van der Waals surface area contributed by atoms with E-state index >= 15 is 0 Å². The molecule has 0 heteroatoms. The average molecular weight is 173 g/mol. The van der Waals surface area contributed by atoms with E-state index in [9.17, 15) is 0 Å². The summed E-state index contributed by atoms with van der Waals surface area (Å²) in [6, 6.07) is 0. The molecule has 0 fully saturated rings. The molecular weight excluding hydrogens is 156 g/mol. The summed E-state index contributed by atoms with van der Waals surface area (Å²) in [5.74, 6) is 0. The number of hydrogen-bond donors (Lipinski definition) is 0. The summed E-state index contributed by atoms with van der Waals surface area (Å²) in [5, 5.41) is 0. The Bertz CT molecular complexity index is 261. The molecule has 69 valence electrons. The molecule has 0 heterocycles. The lowest BCUT2D eigenvalue weighted by atomic mass is 9.87. The summed E-state index contributed by atoms with van der Waals surface area (Å²) in [7, 11) is 0. The molecule has 13 heavy (non-hydrogen) atoms. The summed E-state index contributed by atoms with van der Waals surface area (Å²) in [6.45, 7) is 0. The van der Waals surface area contributed by atoms with Crippen LogP contribution in [-0.4, -0.2) is 0 Å². The largest absolute Gasteiger partial charge is 0.0586 e. The van der Waals surface area contributed by atoms with Gasteiger partial charge in [-0.3, -0.25) is 0 Å². The summed E-state index contributed by atoms with van der Waals surface area (Å²) in [6.07, 6.45) is 13.7. The minimum absolute atomic E-state index is 1.36. The van der Waals surface area contributed by atoms with Crippen LogP contribution in [0.4, 0.5) is 0 Å². The SMILES string of the molecule is [CH]1C2=C(CCCC2)C2=C1CCCC2. The minimum atomic E-state index is 1.36. The zero-order chi connectivity index (χ0) is 8.67. The minimum Gasteiger partial charge on any atom is -0.0586 e. The summed E-state index contributed by atoms with van der Waals surface area (Å²) >= 11 is 0. The number of allylic oxidation sites excluding steroid dienone is 4. The molecule has 0 aromatic carbocycles. The van der Waals surface area contributed by atoms with E-state index < -0.39 is 0 Å². The van der Waals surface area contributed by atoms with Crippen LogP contribution >= 0.6 is 0 Å². The highest BCUT2D eigenvalue weighted by Crippen LogP contribution is 2.45. The topological polar surface area (TPSA) is 0 Å². The normalized spacial score (nSPS) is 27.7. The van der Waals surface area contributed by atoms with Crippen molar-refractivity contribution in [2.75, 3.05) is 0 Å². The molecule has 0 unspecified atom stereocenters. The maximum Gasteiger partial charge on any atom is 0.0122 e. The standard InChI is InChI=1S/C13H17/c1-3-7-12-10(5-1)9-11-6-2-4-8-13(11)12/h9H,1-8H2. The van der Waals surface area contributed by atoms with Gasteiger partial charge in [0, 0.05) is 6.42 Å². The van der Waals surface area contributed by atoms with E-state index in [1.165, 1.54) is 51.4 Å². The van der Waals surface area contributed by atoms with Gasteiger partial charge in [-0.25, -0.2) is 0 Å². The molecule has 0 aliphatic heterocycles. The van der Waals surface area contributed by atoms with E-state index in [1.54, 1.807) is 22.3 Å². The predicted molar refractivity (Wildman–Crippen MR) is 55.3 cm³/mol. The Hall–Kier alpha value is -0.520. The van der Waals surface area contributed by atoms with Crippen LogP contribution in [0.3, 0.4) is 0 Å². The van der Waals surface area contributed by atoms with Gasteiger partial charge in [0.15, 0.2) is 0 Å². The van der Waals surface area contributed by atoms with E-state index in [0.29, 0.717) is 0 Å². The molecule has 1 radical (unpaired) electrons. The third-order valence-electron chi connectivity index (χ3n) is 3.73. The summed E-state index contributed by atoms with van der Waals surface area (Å²) in [5.41, 5.74) is 6.94. The van der Waals surface area contributed by atoms with Gasteiger partial charge in [0.05, 0.1) is 0 Å². The third kappa shape index (κ3) is 1.19. The van der Waals surface area contributed by atoms with Crippen molar-refractivity contribution in [2.24, 2.45) is 0 Å². The monoisotopic (exact) mass is 173 g/mol. The van der Waals surface area contributed by atoms with Crippen LogP contribution in [0.2, 0.25) is 0 Å². The molecule has 0 N–H and O–H groups in total. The molecule has 0 saturated heterocycles. The quantitative estimate of drug-likeness (QED) is 0.520. The maximum absolute atomic E-state index is 2.52. The van der Waals surface area contributed by atoms with Crippen molar-refractivity contribution < 1.29 is 0 Å². The van der Waals surface area contributed by atoms with Gasteiger partial charge in [0.25, 0.3) is 0 Å². The molecule has 3 rings (SSSR count). The Morgan fingerprint density at radius 2 is 1.08 bits per heavy atom. The smallest absolute Gasteiger partial charge is 0.0122 e. The first-order valence-corrected chi connectivity index (χ1v) is 5.74. The van der Waals surface area contributed by atoms with Crippen LogP contribution in [0.5, 0.6) is 0 Å². The molecule has 0 atom stereocenters. The zero-order valence-corrected chi connectivity index (χ0v) is 8.23. The van der Waals surface area contributed by atoms with Crippen LogP contribution in [0.1, 0.15) is 51.4 Å². The van der Waals surface area contributed by atoms with Gasteiger partial charge in [-0.1, -0.05) is 11.1 Å². The highest BCUT2D eigenvalue weighted by molar-refractivity contribution is 5.55.